The SMILES string of the molecule is CCCCCCOC(=O)C[Si](C)(C)F. The fourth-order valence-corrected chi connectivity index (χ4v) is 1.90. The molecule has 0 radical (unpaired) electrons. The van der Waals surface area contributed by atoms with Crippen molar-refractivity contribution in [3.63, 3.8) is 0 Å². The molecule has 0 saturated carbocycles. The Balaban J connectivity index is 3.36. The predicted molar refractivity (Wildman–Crippen MR) is 58.5 cm³/mol. The summed E-state index contributed by atoms with van der Waals surface area (Å²) in [7, 11) is -2.77. The molecule has 2 nitrogen and oxygen atoms in total. The molecule has 0 N–H and O–H groups in total. The van der Waals surface area contributed by atoms with E-state index in [1.54, 1.807) is 0 Å². The standard InChI is InChI=1S/C10H21FO2Si/c1-4-5-6-7-8-13-10(12)9-14(2,3)11/h4-9H2,1-3H3. The molecule has 0 spiro atoms. The van der Waals surface area contributed by atoms with Crippen molar-refractivity contribution >= 4 is 14.4 Å². The monoisotopic (exact) mass is 220 g/mol. The van der Waals surface area contributed by atoms with Gasteiger partial charge in [-0.3, -0.25) is 4.79 Å². The van der Waals surface area contributed by atoms with Crippen molar-refractivity contribution in [3.8, 4) is 0 Å². The van der Waals surface area contributed by atoms with E-state index < -0.39 is 8.41 Å². The van der Waals surface area contributed by atoms with Crippen molar-refractivity contribution in [3.05, 3.63) is 0 Å². The van der Waals surface area contributed by atoms with Crippen LogP contribution >= 0.6 is 0 Å². The number of rotatable bonds is 7. The van der Waals surface area contributed by atoms with Crippen LogP contribution in [0.3, 0.4) is 0 Å². The topological polar surface area (TPSA) is 26.3 Å². The first-order valence-electron chi connectivity index (χ1n) is 5.30. The molecule has 0 aliphatic rings. The molecule has 0 aromatic carbocycles. The van der Waals surface area contributed by atoms with Gasteiger partial charge in [0.2, 0.25) is 0 Å². The van der Waals surface area contributed by atoms with E-state index in [2.05, 4.69) is 6.92 Å². The molecule has 0 fully saturated rings. The average molecular weight is 220 g/mol. The van der Waals surface area contributed by atoms with E-state index in [1.165, 1.54) is 25.9 Å². The number of hydrogen-bond donors (Lipinski definition) is 0. The molecule has 0 amide bonds. The summed E-state index contributed by atoms with van der Waals surface area (Å²) in [6.45, 7) is 5.61. The van der Waals surface area contributed by atoms with Crippen molar-refractivity contribution in [2.24, 2.45) is 0 Å². The summed E-state index contributed by atoms with van der Waals surface area (Å²) >= 11 is 0. The van der Waals surface area contributed by atoms with Crippen molar-refractivity contribution in [1.29, 1.82) is 0 Å². The third-order valence-corrected chi connectivity index (χ3v) is 2.96. The average Bonchev–Trinajstić information content (AvgIpc) is 2.00. The maximum atomic E-state index is 13.1. The van der Waals surface area contributed by atoms with Gasteiger partial charge in [0.05, 0.1) is 12.7 Å². The quantitative estimate of drug-likeness (QED) is 0.285. The number of ether oxygens (including phenoxy) is 1. The van der Waals surface area contributed by atoms with Crippen molar-refractivity contribution < 1.29 is 13.6 Å². The zero-order chi connectivity index (χ0) is 11.0. The van der Waals surface area contributed by atoms with Crippen LogP contribution in [0.15, 0.2) is 0 Å². The van der Waals surface area contributed by atoms with Crippen LogP contribution in [0, 0.1) is 0 Å². The molecular weight excluding hydrogens is 199 g/mol. The maximum absolute atomic E-state index is 13.1. The number of carbonyl (C=O) groups excluding carboxylic acids is 1. The lowest BCUT2D eigenvalue weighted by atomic mass is 10.2. The molecule has 84 valence electrons. The number of esters is 1. The van der Waals surface area contributed by atoms with Gasteiger partial charge in [-0.2, -0.15) is 0 Å². The lowest BCUT2D eigenvalue weighted by Crippen LogP contribution is -2.24. The van der Waals surface area contributed by atoms with Crippen LogP contribution in [0.4, 0.5) is 4.11 Å². The van der Waals surface area contributed by atoms with Crippen LogP contribution in [0.1, 0.15) is 32.6 Å². The molecule has 0 aromatic heterocycles. The summed E-state index contributed by atoms with van der Waals surface area (Å²) in [5.41, 5.74) is 0. The second-order valence-electron chi connectivity index (χ2n) is 4.18. The number of hydrogen-bond acceptors (Lipinski definition) is 2. The molecule has 4 heteroatoms. The van der Waals surface area contributed by atoms with E-state index in [4.69, 9.17) is 4.74 Å². The fourth-order valence-electron chi connectivity index (χ4n) is 1.11. The van der Waals surface area contributed by atoms with Gasteiger partial charge in [0.15, 0.2) is 0 Å². The summed E-state index contributed by atoms with van der Waals surface area (Å²) in [5.74, 6) is -0.374. The molecule has 0 rings (SSSR count). The minimum Gasteiger partial charge on any atom is -0.466 e. The first kappa shape index (κ1) is 13.6. The van der Waals surface area contributed by atoms with Crippen LogP contribution in [0.2, 0.25) is 19.1 Å². The smallest absolute Gasteiger partial charge is 0.305 e. The first-order chi connectivity index (χ1) is 6.45. The molecule has 14 heavy (non-hydrogen) atoms. The maximum Gasteiger partial charge on any atom is 0.305 e. The Morgan fingerprint density at radius 1 is 1.29 bits per heavy atom. The Hall–Kier alpha value is -0.383. The lowest BCUT2D eigenvalue weighted by molar-refractivity contribution is -0.141. The van der Waals surface area contributed by atoms with Crippen LogP contribution in [0.25, 0.3) is 0 Å². The highest BCUT2D eigenvalue weighted by atomic mass is 28.4. The van der Waals surface area contributed by atoms with E-state index in [-0.39, 0.29) is 12.0 Å². The molecule has 0 atom stereocenters. The Morgan fingerprint density at radius 2 is 1.93 bits per heavy atom. The Morgan fingerprint density at radius 3 is 2.43 bits per heavy atom. The third kappa shape index (κ3) is 9.70. The van der Waals surface area contributed by atoms with Gasteiger partial charge in [0, 0.05) is 0 Å². The van der Waals surface area contributed by atoms with Crippen molar-refractivity contribution in [2.45, 2.75) is 51.7 Å². The van der Waals surface area contributed by atoms with Crippen LogP contribution in [0.5, 0.6) is 0 Å². The zero-order valence-electron chi connectivity index (χ0n) is 9.44. The highest BCUT2D eigenvalue weighted by molar-refractivity contribution is 6.73. The highest BCUT2D eigenvalue weighted by Crippen LogP contribution is 2.11. The molecule has 0 bridgehead atoms. The van der Waals surface area contributed by atoms with E-state index >= 15 is 0 Å². The van der Waals surface area contributed by atoms with Crippen molar-refractivity contribution in [2.75, 3.05) is 6.61 Å². The van der Waals surface area contributed by atoms with Gasteiger partial charge < -0.3 is 8.84 Å². The highest BCUT2D eigenvalue weighted by Gasteiger charge is 2.25. The number of unbranched alkanes of at least 4 members (excludes halogenated alkanes) is 3. The molecule has 0 aliphatic heterocycles. The molecule has 0 heterocycles. The number of carbonyl (C=O) groups is 1. The second-order valence-corrected chi connectivity index (χ2v) is 7.97. The van der Waals surface area contributed by atoms with Gasteiger partial charge >= 0.3 is 5.97 Å². The third-order valence-electron chi connectivity index (χ3n) is 1.83. The summed E-state index contributed by atoms with van der Waals surface area (Å²) in [4.78, 5) is 11.1. The number of halogens is 1. The van der Waals surface area contributed by atoms with Crippen LogP contribution in [-0.2, 0) is 9.53 Å². The zero-order valence-corrected chi connectivity index (χ0v) is 10.4. The van der Waals surface area contributed by atoms with E-state index in [1.807, 2.05) is 0 Å². The second kappa shape index (κ2) is 6.98. The van der Waals surface area contributed by atoms with E-state index in [0.717, 1.165) is 12.8 Å². The minimum atomic E-state index is -2.77. The van der Waals surface area contributed by atoms with Gasteiger partial charge in [-0.25, -0.2) is 0 Å². The Labute approximate surface area is 87.0 Å². The van der Waals surface area contributed by atoms with Gasteiger partial charge in [-0.15, -0.1) is 0 Å². The molecule has 0 aliphatic carbocycles. The van der Waals surface area contributed by atoms with Crippen LogP contribution < -0.4 is 0 Å². The fraction of sp³-hybridized carbons (Fsp3) is 0.900. The molecule has 0 saturated heterocycles. The van der Waals surface area contributed by atoms with Crippen LogP contribution in [-0.4, -0.2) is 21.0 Å². The molecule has 0 unspecified atom stereocenters. The van der Waals surface area contributed by atoms with Gasteiger partial charge in [0.25, 0.3) is 8.41 Å². The molecule has 0 aromatic rings. The Bertz CT molecular complexity index is 166. The first-order valence-corrected chi connectivity index (χ1v) is 8.39. The van der Waals surface area contributed by atoms with E-state index in [9.17, 15) is 8.90 Å². The summed E-state index contributed by atoms with van der Waals surface area (Å²) < 4.78 is 18.0. The minimum absolute atomic E-state index is 0.0131. The van der Waals surface area contributed by atoms with E-state index in [0.29, 0.717) is 6.61 Å². The predicted octanol–water partition coefficient (Wildman–Crippen LogP) is 3.28. The summed E-state index contributed by atoms with van der Waals surface area (Å²) in [6.07, 6.45) is 4.31. The summed E-state index contributed by atoms with van der Waals surface area (Å²) in [5, 5.41) is 0. The van der Waals surface area contributed by atoms with Gasteiger partial charge in [0.1, 0.15) is 0 Å². The lowest BCUT2D eigenvalue weighted by Gasteiger charge is -2.10. The Kier molecular flexibility index (Phi) is 6.79. The van der Waals surface area contributed by atoms with Gasteiger partial charge in [-0.05, 0) is 19.5 Å². The van der Waals surface area contributed by atoms with Gasteiger partial charge in [-0.1, -0.05) is 26.2 Å². The van der Waals surface area contributed by atoms with Crippen molar-refractivity contribution in [1.82, 2.24) is 0 Å². The molecular formula is C10H21FO2Si. The normalized spacial score (nSPS) is 11.4. The largest absolute Gasteiger partial charge is 0.466 e. The summed E-state index contributed by atoms with van der Waals surface area (Å²) in [6, 6.07) is -0.0131.